The van der Waals surface area contributed by atoms with Gasteiger partial charge in [-0.2, -0.15) is 0 Å². The van der Waals surface area contributed by atoms with E-state index >= 15 is 0 Å². The average molecular weight is 311 g/mol. The van der Waals surface area contributed by atoms with E-state index in [1.54, 1.807) is 18.2 Å². The molecule has 118 valence electrons. The Morgan fingerprint density at radius 1 is 1.30 bits per heavy atom. The predicted octanol–water partition coefficient (Wildman–Crippen LogP) is 3.48. The molecule has 0 saturated carbocycles. The molecule has 3 rings (SSSR count). The summed E-state index contributed by atoms with van der Waals surface area (Å²) in [4.78, 5) is 11.7. The molecule has 0 bridgehead atoms. The molecule has 1 N–H and O–H groups in total. The van der Waals surface area contributed by atoms with Crippen molar-refractivity contribution in [2.75, 3.05) is 7.11 Å². The van der Waals surface area contributed by atoms with Gasteiger partial charge in [-0.25, -0.2) is 4.79 Å². The van der Waals surface area contributed by atoms with Crippen molar-refractivity contribution in [2.45, 2.75) is 19.4 Å². The minimum Gasteiger partial charge on any atom is -0.485 e. The van der Waals surface area contributed by atoms with Crippen LogP contribution in [-0.4, -0.2) is 24.0 Å². The van der Waals surface area contributed by atoms with Crippen molar-refractivity contribution in [3.8, 4) is 5.75 Å². The van der Waals surface area contributed by atoms with Crippen molar-refractivity contribution in [1.29, 1.82) is 0 Å². The monoisotopic (exact) mass is 311 g/mol. The van der Waals surface area contributed by atoms with Crippen LogP contribution in [0.5, 0.6) is 5.75 Å². The second-order valence-electron chi connectivity index (χ2n) is 5.47. The Balaban J connectivity index is 1.97. The lowest BCUT2D eigenvalue weighted by Gasteiger charge is -2.27. The third kappa shape index (κ3) is 2.90. The Morgan fingerprint density at radius 3 is 2.87 bits per heavy atom. The third-order valence-electron chi connectivity index (χ3n) is 3.89. The van der Waals surface area contributed by atoms with Crippen LogP contribution in [0.3, 0.4) is 0 Å². The van der Waals surface area contributed by atoms with Crippen LogP contribution in [0.1, 0.15) is 39.6 Å². The fourth-order valence-electron chi connectivity index (χ4n) is 2.72. The summed E-state index contributed by atoms with van der Waals surface area (Å²) in [7, 11) is 1.35. The topological polar surface area (TPSA) is 68.1 Å². The van der Waals surface area contributed by atoms with Crippen LogP contribution in [0.4, 0.5) is 0 Å². The van der Waals surface area contributed by atoms with Gasteiger partial charge in [-0.1, -0.05) is 28.9 Å². The van der Waals surface area contributed by atoms with E-state index in [1.165, 1.54) is 7.11 Å². The maximum atomic E-state index is 11.7. The number of methoxy groups -OCH3 is 1. The highest BCUT2D eigenvalue weighted by Gasteiger charge is 2.27. The van der Waals surface area contributed by atoms with Crippen LogP contribution in [0.25, 0.3) is 0 Å². The van der Waals surface area contributed by atoms with Gasteiger partial charge in [0.2, 0.25) is 0 Å². The first-order chi connectivity index (χ1) is 11.1. The van der Waals surface area contributed by atoms with Gasteiger partial charge in [0.25, 0.3) is 0 Å². The van der Waals surface area contributed by atoms with Gasteiger partial charge in [-0.15, -0.1) is 0 Å². The average Bonchev–Trinajstić information content (AvgIpc) is 2.60. The quantitative estimate of drug-likeness (QED) is 0.524. The van der Waals surface area contributed by atoms with Gasteiger partial charge in [0, 0.05) is 12.0 Å². The Hall–Kier alpha value is -2.82. The summed E-state index contributed by atoms with van der Waals surface area (Å²) in [5.41, 5.74) is 3.74. The van der Waals surface area contributed by atoms with Crippen molar-refractivity contribution in [2.24, 2.45) is 5.16 Å². The summed E-state index contributed by atoms with van der Waals surface area (Å²) in [5, 5.41) is 12.8. The number of nitrogens with zero attached hydrogens (tertiary/aromatic N) is 1. The molecule has 1 heterocycles. The third-order valence-corrected chi connectivity index (χ3v) is 3.89. The van der Waals surface area contributed by atoms with Crippen LogP contribution in [0.2, 0.25) is 0 Å². The number of fused-ring (bicyclic) bond motifs is 1. The lowest BCUT2D eigenvalue weighted by Crippen LogP contribution is -2.21. The molecule has 5 nitrogen and oxygen atoms in total. The van der Waals surface area contributed by atoms with Crippen molar-refractivity contribution in [3.05, 3.63) is 64.7 Å². The molecule has 0 fully saturated rings. The van der Waals surface area contributed by atoms with Crippen LogP contribution in [0, 0.1) is 6.92 Å². The summed E-state index contributed by atoms with van der Waals surface area (Å²) in [6.07, 6.45) is 0.109. The first-order valence-electron chi connectivity index (χ1n) is 7.29. The predicted molar refractivity (Wildman–Crippen MR) is 85.3 cm³/mol. The molecule has 2 aromatic rings. The number of hydrogen-bond acceptors (Lipinski definition) is 5. The molecule has 0 spiro atoms. The fourth-order valence-corrected chi connectivity index (χ4v) is 2.72. The van der Waals surface area contributed by atoms with E-state index in [0.717, 1.165) is 16.7 Å². The van der Waals surface area contributed by atoms with E-state index in [2.05, 4.69) is 5.16 Å². The standard InChI is InChI=1S/C18H17NO4/c1-11-6-7-16-14(8-11)15(19-21)10-17(23-16)12-4-3-5-13(9-12)18(20)22-2/h3-9,17,21H,10H2,1-2H3. The van der Waals surface area contributed by atoms with Gasteiger partial charge in [-0.3, -0.25) is 0 Å². The number of aryl methyl sites for hydroxylation is 1. The number of benzene rings is 2. The summed E-state index contributed by atoms with van der Waals surface area (Å²) in [5.74, 6) is 0.276. The molecule has 0 aliphatic carbocycles. The van der Waals surface area contributed by atoms with E-state index in [1.807, 2.05) is 31.2 Å². The molecule has 1 unspecified atom stereocenters. The molecule has 0 aromatic heterocycles. The highest BCUT2D eigenvalue weighted by molar-refractivity contribution is 6.04. The fraction of sp³-hybridized carbons (Fsp3) is 0.222. The number of rotatable bonds is 2. The Morgan fingerprint density at radius 2 is 2.13 bits per heavy atom. The molecule has 5 heteroatoms. The molecule has 23 heavy (non-hydrogen) atoms. The summed E-state index contributed by atoms with van der Waals surface area (Å²) in [6, 6.07) is 12.8. The van der Waals surface area contributed by atoms with Gasteiger partial charge in [-0.05, 0) is 36.8 Å². The number of carbonyl (C=O) groups excluding carboxylic acids is 1. The van der Waals surface area contributed by atoms with Crippen molar-refractivity contribution < 1.29 is 19.5 Å². The van der Waals surface area contributed by atoms with Crippen LogP contribution in [-0.2, 0) is 4.74 Å². The van der Waals surface area contributed by atoms with Crippen LogP contribution < -0.4 is 4.74 Å². The first-order valence-corrected chi connectivity index (χ1v) is 7.29. The highest BCUT2D eigenvalue weighted by atomic mass is 16.5. The zero-order valence-electron chi connectivity index (χ0n) is 12.9. The number of ether oxygens (including phenoxy) is 2. The number of oxime groups is 1. The van der Waals surface area contributed by atoms with Crippen LogP contribution >= 0.6 is 0 Å². The maximum absolute atomic E-state index is 11.7. The molecule has 1 aliphatic rings. The zero-order chi connectivity index (χ0) is 16.4. The smallest absolute Gasteiger partial charge is 0.337 e. The molecule has 0 amide bonds. The van der Waals surface area contributed by atoms with Gasteiger partial charge in [0.1, 0.15) is 11.9 Å². The first kappa shape index (κ1) is 15.1. The summed E-state index contributed by atoms with van der Waals surface area (Å²) < 4.78 is 10.8. The van der Waals surface area contributed by atoms with E-state index in [9.17, 15) is 10.0 Å². The van der Waals surface area contributed by atoms with E-state index < -0.39 is 5.97 Å². The Labute approximate surface area is 134 Å². The molecular weight excluding hydrogens is 294 g/mol. The normalized spacial score (nSPS) is 18.2. The number of hydrogen-bond donors (Lipinski definition) is 1. The van der Waals surface area contributed by atoms with Gasteiger partial charge in [0.05, 0.1) is 18.4 Å². The van der Waals surface area contributed by atoms with Gasteiger partial charge < -0.3 is 14.7 Å². The Bertz CT molecular complexity index is 782. The second kappa shape index (κ2) is 6.12. The van der Waals surface area contributed by atoms with Crippen molar-refractivity contribution in [3.63, 3.8) is 0 Å². The minimum atomic E-state index is -0.394. The SMILES string of the molecule is COC(=O)c1cccc(C2CC(=NO)c3cc(C)ccc3O2)c1. The number of carbonyl (C=O) groups is 1. The lowest BCUT2D eigenvalue weighted by atomic mass is 9.94. The van der Waals surface area contributed by atoms with E-state index in [0.29, 0.717) is 23.4 Å². The summed E-state index contributed by atoms with van der Waals surface area (Å²) >= 11 is 0. The Kier molecular flexibility index (Phi) is 4.02. The second-order valence-corrected chi connectivity index (χ2v) is 5.47. The lowest BCUT2D eigenvalue weighted by molar-refractivity contribution is 0.0600. The molecule has 0 radical (unpaired) electrons. The summed E-state index contributed by atoms with van der Waals surface area (Å²) in [6.45, 7) is 1.97. The highest BCUT2D eigenvalue weighted by Crippen LogP contribution is 2.36. The minimum absolute atomic E-state index is 0.319. The van der Waals surface area contributed by atoms with E-state index in [-0.39, 0.29) is 6.10 Å². The van der Waals surface area contributed by atoms with Crippen molar-refractivity contribution in [1.82, 2.24) is 0 Å². The van der Waals surface area contributed by atoms with Crippen LogP contribution in [0.15, 0.2) is 47.6 Å². The maximum Gasteiger partial charge on any atom is 0.337 e. The zero-order valence-corrected chi connectivity index (χ0v) is 12.9. The molecule has 0 saturated heterocycles. The molecule has 2 aromatic carbocycles. The number of esters is 1. The van der Waals surface area contributed by atoms with Crippen molar-refractivity contribution >= 4 is 11.7 Å². The molecular formula is C18H17NO4. The van der Waals surface area contributed by atoms with E-state index in [4.69, 9.17) is 9.47 Å². The molecule has 1 atom stereocenters. The molecule has 1 aliphatic heterocycles. The van der Waals surface area contributed by atoms with Gasteiger partial charge >= 0.3 is 5.97 Å². The van der Waals surface area contributed by atoms with Gasteiger partial charge in [0.15, 0.2) is 0 Å². The largest absolute Gasteiger partial charge is 0.485 e.